The molecule has 6 heteroatoms. The Morgan fingerprint density at radius 3 is 2.47 bits per heavy atom. The average molecular weight is 266 g/mol. The monoisotopic (exact) mass is 266 g/mol. The van der Waals surface area contributed by atoms with Gasteiger partial charge in [-0.25, -0.2) is 4.79 Å². The number of carbonyl (C=O) groups is 2. The number of aliphatic hydroxyl groups is 1. The van der Waals surface area contributed by atoms with Crippen molar-refractivity contribution in [2.45, 2.75) is 25.5 Å². The quantitative estimate of drug-likeness (QED) is 0.597. The molecule has 0 aliphatic heterocycles. The molecule has 0 spiro atoms. The van der Waals surface area contributed by atoms with Crippen molar-refractivity contribution in [1.82, 2.24) is 10.6 Å². The smallest absolute Gasteiger partial charge is 0.404 e. The van der Waals surface area contributed by atoms with Crippen LogP contribution in [0.2, 0.25) is 0 Å². The second-order valence-corrected chi connectivity index (χ2v) is 4.21. The van der Waals surface area contributed by atoms with Crippen LogP contribution >= 0.6 is 0 Å². The number of nitrogens with one attached hydrogen (secondary N) is 2. The minimum Gasteiger partial charge on any atom is -0.465 e. The molecule has 2 unspecified atom stereocenters. The molecule has 1 rings (SSSR count). The zero-order valence-corrected chi connectivity index (χ0v) is 10.7. The first-order valence-corrected chi connectivity index (χ1v) is 6.00. The number of carboxylic acid groups (broad SMARTS) is 1. The molecule has 1 aromatic carbocycles. The zero-order valence-electron chi connectivity index (χ0n) is 10.7. The van der Waals surface area contributed by atoms with Crippen LogP contribution in [0.3, 0.4) is 0 Å². The van der Waals surface area contributed by atoms with Gasteiger partial charge in [0, 0.05) is 6.54 Å². The standard InChI is InChI=1S/C13H18N2O4/c1-9(15-13(18)19)11(16)12(17)14-8-7-10-5-3-2-4-6-10/h2-6,9,11,15-16H,7-8H2,1H3,(H,14,17)(H,18,19). The lowest BCUT2D eigenvalue weighted by molar-refractivity contribution is -0.130. The maximum Gasteiger partial charge on any atom is 0.404 e. The lowest BCUT2D eigenvalue weighted by atomic mass is 10.1. The first kappa shape index (κ1) is 15.0. The van der Waals surface area contributed by atoms with E-state index in [4.69, 9.17) is 5.11 Å². The summed E-state index contributed by atoms with van der Waals surface area (Å²) in [5.74, 6) is -0.586. The van der Waals surface area contributed by atoms with E-state index < -0.39 is 24.1 Å². The van der Waals surface area contributed by atoms with Gasteiger partial charge in [-0.3, -0.25) is 4.79 Å². The predicted octanol–water partition coefficient (Wildman–Crippen LogP) is 0.362. The molecular weight excluding hydrogens is 248 g/mol. The van der Waals surface area contributed by atoms with Gasteiger partial charge in [0.05, 0.1) is 6.04 Å². The van der Waals surface area contributed by atoms with E-state index >= 15 is 0 Å². The number of carbonyl (C=O) groups excluding carboxylic acids is 1. The van der Waals surface area contributed by atoms with Gasteiger partial charge in [0.15, 0.2) is 6.10 Å². The molecule has 0 aliphatic carbocycles. The zero-order chi connectivity index (χ0) is 14.3. The molecule has 2 amide bonds. The van der Waals surface area contributed by atoms with Crippen LogP contribution in [-0.4, -0.2) is 40.9 Å². The van der Waals surface area contributed by atoms with Crippen molar-refractivity contribution in [1.29, 1.82) is 0 Å². The van der Waals surface area contributed by atoms with Crippen LogP contribution in [0.1, 0.15) is 12.5 Å². The van der Waals surface area contributed by atoms with Crippen LogP contribution in [0.5, 0.6) is 0 Å². The fourth-order valence-corrected chi connectivity index (χ4v) is 1.58. The molecule has 0 aliphatic rings. The van der Waals surface area contributed by atoms with E-state index in [0.717, 1.165) is 5.56 Å². The Morgan fingerprint density at radius 2 is 1.89 bits per heavy atom. The molecule has 0 saturated carbocycles. The van der Waals surface area contributed by atoms with E-state index in [1.54, 1.807) is 0 Å². The van der Waals surface area contributed by atoms with Crippen LogP contribution in [0.15, 0.2) is 30.3 Å². The Hall–Kier alpha value is -2.08. The molecule has 0 heterocycles. The molecule has 1 aromatic rings. The van der Waals surface area contributed by atoms with Crippen molar-refractivity contribution < 1.29 is 19.8 Å². The Kier molecular flexibility index (Phi) is 5.81. The van der Waals surface area contributed by atoms with E-state index in [0.29, 0.717) is 13.0 Å². The summed E-state index contributed by atoms with van der Waals surface area (Å²) in [6.45, 7) is 1.81. The van der Waals surface area contributed by atoms with Crippen LogP contribution < -0.4 is 10.6 Å². The molecule has 0 aromatic heterocycles. The van der Waals surface area contributed by atoms with Gasteiger partial charge in [-0.15, -0.1) is 0 Å². The highest BCUT2D eigenvalue weighted by atomic mass is 16.4. The first-order chi connectivity index (χ1) is 9.00. The largest absolute Gasteiger partial charge is 0.465 e. The van der Waals surface area contributed by atoms with Crippen molar-refractivity contribution >= 4 is 12.0 Å². The van der Waals surface area contributed by atoms with E-state index in [2.05, 4.69) is 5.32 Å². The summed E-state index contributed by atoms with van der Waals surface area (Å²) in [6.07, 6.45) is -2.02. The number of aliphatic hydroxyl groups excluding tert-OH is 1. The average Bonchev–Trinajstić information content (AvgIpc) is 2.38. The summed E-state index contributed by atoms with van der Waals surface area (Å²) < 4.78 is 0. The summed E-state index contributed by atoms with van der Waals surface area (Å²) in [4.78, 5) is 21.9. The van der Waals surface area contributed by atoms with Gasteiger partial charge in [0.1, 0.15) is 0 Å². The Morgan fingerprint density at radius 1 is 1.26 bits per heavy atom. The summed E-state index contributed by atoms with van der Waals surface area (Å²) in [5.41, 5.74) is 1.08. The molecule has 0 radical (unpaired) electrons. The van der Waals surface area contributed by atoms with Gasteiger partial charge in [0.2, 0.25) is 0 Å². The third-order valence-corrected chi connectivity index (χ3v) is 2.65. The third-order valence-electron chi connectivity index (χ3n) is 2.65. The van der Waals surface area contributed by atoms with E-state index in [1.165, 1.54) is 6.92 Å². The van der Waals surface area contributed by atoms with E-state index in [1.807, 2.05) is 35.6 Å². The number of hydrogen-bond acceptors (Lipinski definition) is 3. The van der Waals surface area contributed by atoms with Crippen LogP contribution in [0.4, 0.5) is 4.79 Å². The molecule has 6 nitrogen and oxygen atoms in total. The topological polar surface area (TPSA) is 98.7 Å². The molecule has 2 atom stereocenters. The third kappa shape index (κ3) is 5.39. The Labute approximate surface area is 111 Å². The lowest BCUT2D eigenvalue weighted by Gasteiger charge is -2.18. The van der Waals surface area contributed by atoms with Crippen LogP contribution in [0.25, 0.3) is 0 Å². The van der Waals surface area contributed by atoms with Crippen LogP contribution in [-0.2, 0) is 11.2 Å². The van der Waals surface area contributed by atoms with E-state index in [9.17, 15) is 14.7 Å². The maximum absolute atomic E-state index is 11.6. The van der Waals surface area contributed by atoms with Gasteiger partial charge in [-0.05, 0) is 18.9 Å². The highest BCUT2D eigenvalue weighted by Crippen LogP contribution is 1.99. The highest BCUT2D eigenvalue weighted by Gasteiger charge is 2.23. The fourth-order valence-electron chi connectivity index (χ4n) is 1.58. The second-order valence-electron chi connectivity index (χ2n) is 4.21. The summed E-state index contributed by atoms with van der Waals surface area (Å²) in [6, 6.07) is 8.75. The van der Waals surface area contributed by atoms with Gasteiger partial charge < -0.3 is 20.8 Å². The Bertz CT molecular complexity index is 422. The number of rotatable bonds is 6. The van der Waals surface area contributed by atoms with Crippen molar-refractivity contribution in [2.24, 2.45) is 0 Å². The van der Waals surface area contributed by atoms with Crippen molar-refractivity contribution in [2.75, 3.05) is 6.54 Å². The van der Waals surface area contributed by atoms with Crippen molar-refractivity contribution in [3.63, 3.8) is 0 Å². The molecule has 0 saturated heterocycles. The van der Waals surface area contributed by atoms with Crippen LogP contribution in [0, 0.1) is 0 Å². The second kappa shape index (κ2) is 7.38. The summed E-state index contributed by atoms with van der Waals surface area (Å²) in [5, 5.41) is 22.7. The fraction of sp³-hybridized carbons (Fsp3) is 0.385. The normalized spacial score (nSPS) is 13.4. The van der Waals surface area contributed by atoms with Crippen molar-refractivity contribution in [3.05, 3.63) is 35.9 Å². The maximum atomic E-state index is 11.6. The minimum atomic E-state index is -1.40. The highest BCUT2D eigenvalue weighted by molar-refractivity contribution is 5.81. The Balaban J connectivity index is 2.32. The summed E-state index contributed by atoms with van der Waals surface area (Å²) in [7, 11) is 0. The number of hydrogen-bond donors (Lipinski definition) is 4. The molecule has 104 valence electrons. The SMILES string of the molecule is CC(NC(=O)O)C(O)C(=O)NCCc1ccccc1. The molecule has 0 bridgehead atoms. The van der Waals surface area contributed by atoms with E-state index in [-0.39, 0.29) is 0 Å². The van der Waals surface area contributed by atoms with Gasteiger partial charge >= 0.3 is 6.09 Å². The van der Waals surface area contributed by atoms with Gasteiger partial charge in [-0.2, -0.15) is 0 Å². The van der Waals surface area contributed by atoms with Gasteiger partial charge in [0.25, 0.3) is 5.91 Å². The summed E-state index contributed by atoms with van der Waals surface area (Å²) >= 11 is 0. The molecule has 0 fully saturated rings. The molecule has 19 heavy (non-hydrogen) atoms. The predicted molar refractivity (Wildman–Crippen MR) is 69.8 cm³/mol. The first-order valence-electron chi connectivity index (χ1n) is 6.00. The number of benzene rings is 1. The minimum absolute atomic E-state index is 0.389. The molecular formula is C13H18N2O4. The van der Waals surface area contributed by atoms with Gasteiger partial charge in [-0.1, -0.05) is 30.3 Å². The number of amides is 2. The molecule has 4 N–H and O–H groups in total. The lowest BCUT2D eigenvalue weighted by Crippen LogP contribution is -2.49. The van der Waals surface area contributed by atoms with Crippen molar-refractivity contribution in [3.8, 4) is 0 Å².